The van der Waals surface area contributed by atoms with Crippen LogP contribution in [0.4, 0.5) is 0 Å². The van der Waals surface area contributed by atoms with Crippen LogP contribution >= 0.6 is 0 Å². The van der Waals surface area contributed by atoms with E-state index in [4.69, 9.17) is 9.84 Å². The van der Waals surface area contributed by atoms with Gasteiger partial charge >= 0.3 is 5.97 Å². The van der Waals surface area contributed by atoms with Crippen LogP contribution in [0.5, 0.6) is 5.75 Å². The standard InChI is InChI=1S/C16H23NO3/c1-16(8-4-5-9-16)12-17-10-11-20-14-7-3-2-6-13(14)15(18)19/h2-3,6-7,17H,4-5,8-12H2,1H3,(H,18,19). The molecule has 4 nitrogen and oxygen atoms in total. The Kier molecular flexibility index (Phi) is 5.01. The number of para-hydroxylation sites is 1. The summed E-state index contributed by atoms with van der Waals surface area (Å²) in [7, 11) is 0. The highest BCUT2D eigenvalue weighted by atomic mass is 16.5. The van der Waals surface area contributed by atoms with E-state index in [1.807, 2.05) is 0 Å². The topological polar surface area (TPSA) is 58.6 Å². The second-order valence-electron chi connectivity index (χ2n) is 5.84. The number of hydrogen-bond acceptors (Lipinski definition) is 3. The van der Waals surface area contributed by atoms with Crippen molar-refractivity contribution in [3.8, 4) is 5.75 Å². The summed E-state index contributed by atoms with van der Waals surface area (Å²) in [5.74, 6) is -0.513. The smallest absolute Gasteiger partial charge is 0.339 e. The van der Waals surface area contributed by atoms with Crippen LogP contribution in [0.1, 0.15) is 43.0 Å². The Bertz CT molecular complexity index is 453. The van der Waals surface area contributed by atoms with E-state index in [1.54, 1.807) is 24.3 Å². The van der Waals surface area contributed by atoms with Crippen LogP contribution < -0.4 is 10.1 Å². The summed E-state index contributed by atoms with van der Waals surface area (Å²) in [5, 5.41) is 12.5. The fraction of sp³-hybridized carbons (Fsp3) is 0.562. The molecule has 1 aliphatic carbocycles. The molecule has 0 saturated heterocycles. The third-order valence-corrected chi connectivity index (χ3v) is 4.02. The number of carboxylic acids is 1. The first-order valence-electron chi connectivity index (χ1n) is 7.27. The number of rotatable bonds is 7. The van der Waals surface area contributed by atoms with E-state index in [0.29, 0.717) is 17.8 Å². The van der Waals surface area contributed by atoms with Crippen molar-refractivity contribution in [3.63, 3.8) is 0 Å². The van der Waals surface area contributed by atoms with Gasteiger partial charge < -0.3 is 15.2 Å². The molecule has 0 spiro atoms. The molecule has 20 heavy (non-hydrogen) atoms. The average molecular weight is 277 g/mol. The van der Waals surface area contributed by atoms with Crippen LogP contribution in [-0.4, -0.2) is 30.8 Å². The largest absolute Gasteiger partial charge is 0.491 e. The van der Waals surface area contributed by atoms with Gasteiger partial charge in [0.15, 0.2) is 0 Å². The summed E-state index contributed by atoms with van der Waals surface area (Å²) >= 11 is 0. The van der Waals surface area contributed by atoms with Crippen molar-refractivity contribution in [2.45, 2.75) is 32.6 Å². The van der Waals surface area contributed by atoms with Crippen molar-refractivity contribution in [3.05, 3.63) is 29.8 Å². The lowest BCUT2D eigenvalue weighted by molar-refractivity contribution is 0.0692. The summed E-state index contributed by atoms with van der Waals surface area (Å²) in [4.78, 5) is 11.0. The zero-order chi connectivity index (χ0) is 14.4. The second kappa shape index (κ2) is 6.75. The first-order chi connectivity index (χ1) is 9.61. The van der Waals surface area contributed by atoms with Gasteiger partial charge in [0.2, 0.25) is 0 Å². The molecule has 0 aromatic heterocycles. The number of nitrogens with one attached hydrogen (secondary N) is 1. The van der Waals surface area contributed by atoms with Crippen molar-refractivity contribution < 1.29 is 14.6 Å². The Morgan fingerprint density at radius 3 is 2.75 bits per heavy atom. The maximum absolute atomic E-state index is 11.0. The molecule has 1 saturated carbocycles. The summed E-state index contributed by atoms with van der Waals surface area (Å²) in [6.07, 6.45) is 5.26. The molecule has 1 fully saturated rings. The normalized spacial score (nSPS) is 17.1. The van der Waals surface area contributed by atoms with E-state index in [9.17, 15) is 4.79 Å². The van der Waals surface area contributed by atoms with Crippen molar-refractivity contribution in [2.24, 2.45) is 5.41 Å². The van der Waals surface area contributed by atoms with Crippen molar-refractivity contribution in [1.29, 1.82) is 0 Å². The molecule has 1 aromatic carbocycles. The first-order valence-corrected chi connectivity index (χ1v) is 7.27. The minimum absolute atomic E-state index is 0.218. The van der Waals surface area contributed by atoms with Gasteiger partial charge in [0, 0.05) is 13.1 Å². The third kappa shape index (κ3) is 3.97. The van der Waals surface area contributed by atoms with Crippen LogP contribution in [0.25, 0.3) is 0 Å². The van der Waals surface area contributed by atoms with Crippen LogP contribution in [0.2, 0.25) is 0 Å². The molecule has 0 aliphatic heterocycles. The zero-order valence-corrected chi connectivity index (χ0v) is 12.0. The van der Waals surface area contributed by atoms with Gasteiger partial charge in [-0.2, -0.15) is 0 Å². The van der Waals surface area contributed by atoms with Crippen LogP contribution in [0.3, 0.4) is 0 Å². The van der Waals surface area contributed by atoms with Gasteiger partial charge in [0.1, 0.15) is 17.9 Å². The summed E-state index contributed by atoms with van der Waals surface area (Å²) in [6.45, 7) is 4.56. The lowest BCUT2D eigenvalue weighted by Gasteiger charge is -2.23. The van der Waals surface area contributed by atoms with Gasteiger partial charge in [-0.25, -0.2) is 4.79 Å². The molecule has 2 rings (SSSR count). The predicted octanol–water partition coefficient (Wildman–Crippen LogP) is 2.93. The molecule has 2 N–H and O–H groups in total. The van der Waals surface area contributed by atoms with Gasteiger partial charge in [-0.1, -0.05) is 31.9 Å². The number of ether oxygens (including phenoxy) is 1. The summed E-state index contributed by atoms with van der Waals surface area (Å²) in [6, 6.07) is 6.75. The van der Waals surface area contributed by atoms with Crippen LogP contribution in [0.15, 0.2) is 24.3 Å². The fourth-order valence-corrected chi connectivity index (χ4v) is 2.80. The van der Waals surface area contributed by atoms with E-state index >= 15 is 0 Å². The predicted molar refractivity (Wildman–Crippen MR) is 78.3 cm³/mol. The van der Waals surface area contributed by atoms with Crippen LogP contribution in [-0.2, 0) is 0 Å². The second-order valence-corrected chi connectivity index (χ2v) is 5.84. The molecule has 1 aliphatic rings. The molecule has 0 unspecified atom stereocenters. The molecule has 110 valence electrons. The monoisotopic (exact) mass is 277 g/mol. The van der Waals surface area contributed by atoms with Crippen LogP contribution in [0, 0.1) is 5.41 Å². The molecular formula is C16H23NO3. The average Bonchev–Trinajstić information content (AvgIpc) is 2.86. The van der Waals surface area contributed by atoms with E-state index in [1.165, 1.54) is 25.7 Å². The zero-order valence-electron chi connectivity index (χ0n) is 12.0. The Morgan fingerprint density at radius 1 is 1.35 bits per heavy atom. The summed E-state index contributed by atoms with van der Waals surface area (Å²) in [5.41, 5.74) is 0.647. The Morgan fingerprint density at radius 2 is 2.05 bits per heavy atom. The van der Waals surface area contributed by atoms with E-state index < -0.39 is 5.97 Å². The quantitative estimate of drug-likeness (QED) is 0.752. The lowest BCUT2D eigenvalue weighted by atomic mass is 9.89. The first kappa shape index (κ1) is 14.9. The molecule has 0 atom stereocenters. The number of benzene rings is 1. The Hall–Kier alpha value is -1.55. The highest BCUT2D eigenvalue weighted by Gasteiger charge is 2.27. The number of aromatic carboxylic acids is 1. The van der Waals surface area contributed by atoms with Gasteiger partial charge in [-0.05, 0) is 30.4 Å². The van der Waals surface area contributed by atoms with Gasteiger partial charge in [-0.3, -0.25) is 0 Å². The van der Waals surface area contributed by atoms with Crippen molar-refractivity contribution in [2.75, 3.05) is 19.7 Å². The SMILES string of the molecule is CC1(CNCCOc2ccccc2C(=O)O)CCCC1. The van der Waals surface area contributed by atoms with Crippen molar-refractivity contribution in [1.82, 2.24) is 5.32 Å². The van der Waals surface area contributed by atoms with Gasteiger partial charge in [0.25, 0.3) is 0 Å². The highest BCUT2D eigenvalue weighted by Crippen LogP contribution is 2.36. The molecule has 4 heteroatoms. The summed E-state index contributed by atoms with van der Waals surface area (Å²) < 4.78 is 5.55. The maximum Gasteiger partial charge on any atom is 0.339 e. The molecular weight excluding hydrogens is 254 g/mol. The molecule has 0 bridgehead atoms. The minimum atomic E-state index is -0.952. The Balaban J connectivity index is 1.72. The highest BCUT2D eigenvalue weighted by molar-refractivity contribution is 5.90. The fourth-order valence-electron chi connectivity index (χ4n) is 2.80. The minimum Gasteiger partial charge on any atom is -0.491 e. The molecule has 0 heterocycles. The van der Waals surface area contributed by atoms with E-state index in [-0.39, 0.29) is 5.56 Å². The van der Waals surface area contributed by atoms with Crippen molar-refractivity contribution >= 4 is 5.97 Å². The molecule has 1 aromatic rings. The number of hydrogen-bond donors (Lipinski definition) is 2. The maximum atomic E-state index is 11.0. The van der Waals surface area contributed by atoms with E-state index in [2.05, 4.69) is 12.2 Å². The molecule has 0 radical (unpaired) electrons. The third-order valence-electron chi connectivity index (χ3n) is 4.02. The van der Waals surface area contributed by atoms with Gasteiger partial charge in [-0.15, -0.1) is 0 Å². The number of carboxylic acid groups (broad SMARTS) is 1. The number of carbonyl (C=O) groups is 1. The van der Waals surface area contributed by atoms with Gasteiger partial charge in [0.05, 0.1) is 0 Å². The molecule has 0 amide bonds. The lowest BCUT2D eigenvalue weighted by Crippen LogP contribution is -2.32. The Labute approximate surface area is 120 Å². The van der Waals surface area contributed by atoms with E-state index in [0.717, 1.165) is 13.1 Å².